The van der Waals surface area contributed by atoms with Gasteiger partial charge in [0.05, 0.1) is 17.2 Å². The number of benzene rings is 3. The Hall–Kier alpha value is -3.04. The number of nitrogens with zero attached hydrogens (tertiary/aromatic N) is 1. The molecule has 180 valence electrons. The number of nitrogens with one attached hydrogen (secondary N) is 1. The van der Waals surface area contributed by atoms with Gasteiger partial charge in [0.15, 0.2) is 0 Å². The van der Waals surface area contributed by atoms with Gasteiger partial charge in [-0.25, -0.2) is 12.8 Å². The number of hydrogen-bond donors (Lipinski definition) is 1. The van der Waals surface area contributed by atoms with Crippen molar-refractivity contribution in [2.24, 2.45) is 0 Å². The highest BCUT2D eigenvalue weighted by atomic mass is 32.2. The zero-order valence-electron chi connectivity index (χ0n) is 18.8. The van der Waals surface area contributed by atoms with Crippen molar-refractivity contribution in [2.45, 2.75) is 17.6 Å². The molecule has 0 saturated carbocycles. The Balaban J connectivity index is 1.66. The van der Waals surface area contributed by atoms with Gasteiger partial charge in [0.2, 0.25) is 5.91 Å². The van der Waals surface area contributed by atoms with Gasteiger partial charge in [-0.05, 0) is 61.0 Å². The first-order valence-corrected chi connectivity index (χ1v) is 13.4. The highest BCUT2D eigenvalue weighted by molar-refractivity contribution is 7.98. The molecule has 0 aliphatic heterocycles. The lowest BCUT2D eigenvalue weighted by Crippen LogP contribution is -2.41. The van der Waals surface area contributed by atoms with Crippen LogP contribution in [0.3, 0.4) is 0 Å². The standard InChI is InChI=1S/C25H27FN2O4S2/c1-2-32-23-12-14-24(15-13-23)34(30,31)28(22-10-8-21(26)9-11-22)18-25(29)27-16-17-33-19-20-6-4-3-5-7-20/h3-15H,2,16-19H2,1H3,(H,27,29). The summed E-state index contributed by atoms with van der Waals surface area (Å²) in [4.78, 5) is 12.6. The number of ether oxygens (including phenoxy) is 1. The van der Waals surface area contributed by atoms with E-state index in [1.165, 1.54) is 29.8 Å². The molecule has 34 heavy (non-hydrogen) atoms. The lowest BCUT2D eigenvalue weighted by Gasteiger charge is -2.24. The quantitative estimate of drug-likeness (QED) is 0.370. The maximum Gasteiger partial charge on any atom is 0.264 e. The predicted octanol–water partition coefficient (Wildman–Crippen LogP) is 4.47. The Morgan fingerprint density at radius 2 is 1.68 bits per heavy atom. The van der Waals surface area contributed by atoms with Crippen LogP contribution in [-0.2, 0) is 20.6 Å². The molecule has 0 radical (unpaired) electrons. The third-order valence-corrected chi connectivity index (χ3v) is 7.62. The first-order valence-electron chi connectivity index (χ1n) is 10.8. The van der Waals surface area contributed by atoms with Gasteiger partial charge < -0.3 is 10.1 Å². The van der Waals surface area contributed by atoms with Crippen LogP contribution in [0.15, 0.2) is 83.8 Å². The number of halogens is 1. The molecule has 0 saturated heterocycles. The van der Waals surface area contributed by atoms with Crippen molar-refractivity contribution in [1.29, 1.82) is 0 Å². The average Bonchev–Trinajstić information content (AvgIpc) is 2.84. The molecular weight excluding hydrogens is 475 g/mol. The molecule has 0 bridgehead atoms. The Labute approximate surface area is 204 Å². The molecule has 6 nitrogen and oxygen atoms in total. The van der Waals surface area contributed by atoms with Gasteiger partial charge in [-0.2, -0.15) is 11.8 Å². The topological polar surface area (TPSA) is 75.7 Å². The van der Waals surface area contributed by atoms with Crippen molar-refractivity contribution in [3.8, 4) is 5.75 Å². The van der Waals surface area contributed by atoms with Crippen LogP contribution in [0.25, 0.3) is 0 Å². The van der Waals surface area contributed by atoms with Crippen LogP contribution in [0.4, 0.5) is 10.1 Å². The summed E-state index contributed by atoms with van der Waals surface area (Å²) in [5.41, 5.74) is 1.40. The molecule has 0 aromatic heterocycles. The maximum atomic E-state index is 13.4. The summed E-state index contributed by atoms with van der Waals surface area (Å²) in [5, 5.41) is 2.77. The van der Waals surface area contributed by atoms with Crippen LogP contribution in [0.5, 0.6) is 5.75 Å². The maximum absolute atomic E-state index is 13.4. The number of anilines is 1. The minimum atomic E-state index is -4.08. The van der Waals surface area contributed by atoms with Crippen molar-refractivity contribution in [1.82, 2.24) is 5.32 Å². The number of amides is 1. The summed E-state index contributed by atoms with van der Waals surface area (Å²) in [6, 6.07) is 21.0. The number of carbonyl (C=O) groups excluding carboxylic acids is 1. The zero-order valence-corrected chi connectivity index (χ0v) is 20.4. The average molecular weight is 503 g/mol. The molecule has 3 aromatic rings. The molecule has 1 amide bonds. The fourth-order valence-corrected chi connectivity index (χ4v) is 5.38. The molecule has 0 aliphatic rings. The third kappa shape index (κ3) is 7.23. The molecule has 9 heteroatoms. The van der Waals surface area contributed by atoms with Gasteiger partial charge in [0.1, 0.15) is 18.1 Å². The molecule has 1 N–H and O–H groups in total. The largest absolute Gasteiger partial charge is 0.494 e. The zero-order chi connectivity index (χ0) is 24.4. The van der Waals surface area contributed by atoms with E-state index in [0.29, 0.717) is 24.7 Å². The van der Waals surface area contributed by atoms with E-state index >= 15 is 0 Å². The van der Waals surface area contributed by atoms with Gasteiger partial charge in [-0.1, -0.05) is 30.3 Å². The summed E-state index contributed by atoms with van der Waals surface area (Å²) in [5.74, 6) is 1.11. The number of rotatable bonds is 12. The van der Waals surface area contributed by atoms with Gasteiger partial charge >= 0.3 is 0 Å². The van der Waals surface area contributed by atoms with Crippen molar-refractivity contribution in [2.75, 3.05) is 29.8 Å². The molecule has 0 spiro atoms. The summed E-state index contributed by atoms with van der Waals surface area (Å²) in [7, 11) is -4.08. The normalized spacial score (nSPS) is 11.1. The van der Waals surface area contributed by atoms with Crippen LogP contribution in [-0.4, -0.2) is 39.8 Å². The van der Waals surface area contributed by atoms with E-state index in [4.69, 9.17) is 4.74 Å². The molecule has 0 atom stereocenters. The van der Waals surface area contributed by atoms with Crippen LogP contribution in [0, 0.1) is 5.82 Å². The first kappa shape index (κ1) is 25.6. The summed E-state index contributed by atoms with van der Waals surface area (Å²) in [6.07, 6.45) is 0. The molecular formula is C25H27FN2O4S2. The Morgan fingerprint density at radius 1 is 1.00 bits per heavy atom. The highest BCUT2D eigenvalue weighted by Gasteiger charge is 2.27. The Kier molecular flexibility index (Phi) is 9.35. The predicted molar refractivity (Wildman–Crippen MR) is 134 cm³/mol. The Morgan fingerprint density at radius 3 is 2.32 bits per heavy atom. The van der Waals surface area contributed by atoms with Crippen molar-refractivity contribution < 1.29 is 22.3 Å². The summed E-state index contributed by atoms with van der Waals surface area (Å²) in [6.45, 7) is 2.26. The summed E-state index contributed by atoms with van der Waals surface area (Å²) >= 11 is 1.67. The van der Waals surface area contributed by atoms with E-state index in [9.17, 15) is 17.6 Å². The van der Waals surface area contributed by atoms with Crippen LogP contribution in [0.2, 0.25) is 0 Å². The van der Waals surface area contributed by atoms with E-state index in [2.05, 4.69) is 5.32 Å². The number of hydrogen-bond acceptors (Lipinski definition) is 5. The second-order valence-electron chi connectivity index (χ2n) is 7.28. The van der Waals surface area contributed by atoms with E-state index < -0.39 is 28.3 Å². The van der Waals surface area contributed by atoms with Crippen molar-refractivity contribution >= 4 is 33.4 Å². The Bertz CT molecular complexity index is 1160. The fraction of sp³-hybridized carbons (Fsp3) is 0.240. The van der Waals surface area contributed by atoms with E-state index in [-0.39, 0.29) is 10.6 Å². The molecule has 0 fully saturated rings. The minimum Gasteiger partial charge on any atom is -0.494 e. The highest BCUT2D eigenvalue weighted by Crippen LogP contribution is 2.25. The van der Waals surface area contributed by atoms with Crippen LogP contribution in [0.1, 0.15) is 12.5 Å². The fourth-order valence-electron chi connectivity index (χ4n) is 3.14. The lowest BCUT2D eigenvalue weighted by molar-refractivity contribution is -0.119. The van der Waals surface area contributed by atoms with E-state index in [1.807, 2.05) is 37.3 Å². The monoisotopic (exact) mass is 502 g/mol. The van der Waals surface area contributed by atoms with Crippen molar-refractivity contribution in [3.63, 3.8) is 0 Å². The molecule has 0 unspecified atom stereocenters. The first-order chi connectivity index (χ1) is 16.4. The smallest absolute Gasteiger partial charge is 0.264 e. The van der Waals surface area contributed by atoms with E-state index in [1.54, 1.807) is 23.9 Å². The summed E-state index contributed by atoms with van der Waals surface area (Å²) < 4.78 is 46.5. The molecule has 0 heterocycles. The van der Waals surface area contributed by atoms with E-state index in [0.717, 1.165) is 22.2 Å². The minimum absolute atomic E-state index is 0.00601. The van der Waals surface area contributed by atoms with Gasteiger partial charge in [0, 0.05) is 18.1 Å². The molecule has 3 rings (SSSR count). The second-order valence-corrected chi connectivity index (χ2v) is 10.2. The molecule has 3 aromatic carbocycles. The SMILES string of the molecule is CCOc1ccc(S(=O)(=O)N(CC(=O)NCCSCc2ccccc2)c2ccc(F)cc2)cc1. The molecule has 0 aliphatic carbocycles. The van der Waals surface area contributed by atoms with Gasteiger partial charge in [0.25, 0.3) is 10.0 Å². The number of thioether (sulfide) groups is 1. The van der Waals surface area contributed by atoms with Gasteiger partial charge in [-0.3, -0.25) is 9.10 Å². The third-order valence-electron chi connectivity index (χ3n) is 4.80. The second kappa shape index (κ2) is 12.4. The van der Waals surface area contributed by atoms with Crippen LogP contribution >= 0.6 is 11.8 Å². The van der Waals surface area contributed by atoms with Gasteiger partial charge in [-0.15, -0.1) is 0 Å². The number of sulfonamides is 1. The lowest BCUT2D eigenvalue weighted by atomic mass is 10.2. The van der Waals surface area contributed by atoms with Crippen LogP contribution < -0.4 is 14.4 Å². The number of carbonyl (C=O) groups is 1. The van der Waals surface area contributed by atoms with Crippen molar-refractivity contribution in [3.05, 3.63) is 90.2 Å².